The van der Waals surface area contributed by atoms with Crippen molar-refractivity contribution in [1.82, 2.24) is 14.9 Å². The third-order valence-corrected chi connectivity index (χ3v) is 3.97. The van der Waals surface area contributed by atoms with E-state index in [1.807, 2.05) is 5.38 Å². The number of halogens is 1. The summed E-state index contributed by atoms with van der Waals surface area (Å²) in [5, 5.41) is 3.46. The van der Waals surface area contributed by atoms with Crippen molar-refractivity contribution in [2.75, 3.05) is 38.6 Å². The SMILES string of the molecule is CCN(CCCN(C)C)c1nc(Cl)nc2sccc12. The lowest BCUT2D eigenvalue weighted by molar-refractivity contribution is 0.400. The lowest BCUT2D eigenvalue weighted by Gasteiger charge is -2.23. The molecule has 104 valence electrons. The fourth-order valence-corrected chi connectivity index (χ4v) is 3.02. The minimum absolute atomic E-state index is 0.330. The number of nitrogens with zero attached hydrogens (tertiary/aromatic N) is 4. The highest BCUT2D eigenvalue weighted by Gasteiger charge is 2.13. The first-order chi connectivity index (χ1) is 9.11. The van der Waals surface area contributed by atoms with E-state index in [9.17, 15) is 0 Å². The van der Waals surface area contributed by atoms with Crippen LogP contribution in [0.1, 0.15) is 13.3 Å². The molecule has 0 saturated heterocycles. The van der Waals surface area contributed by atoms with E-state index >= 15 is 0 Å². The number of aromatic nitrogens is 2. The van der Waals surface area contributed by atoms with Gasteiger partial charge in [-0.25, -0.2) is 4.98 Å². The molecule has 0 fully saturated rings. The fraction of sp³-hybridized carbons (Fsp3) is 0.538. The van der Waals surface area contributed by atoms with Crippen LogP contribution >= 0.6 is 22.9 Å². The Morgan fingerprint density at radius 1 is 1.26 bits per heavy atom. The summed E-state index contributed by atoms with van der Waals surface area (Å²) in [5.74, 6) is 0.956. The molecule has 0 aliphatic rings. The lowest BCUT2D eigenvalue weighted by Crippen LogP contribution is -2.28. The van der Waals surface area contributed by atoms with Gasteiger partial charge >= 0.3 is 0 Å². The molecule has 0 atom stereocenters. The monoisotopic (exact) mass is 298 g/mol. The van der Waals surface area contributed by atoms with Gasteiger partial charge in [-0.2, -0.15) is 4.98 Å². The number of hydrogen-bond donors (Lipinski definition) is 0. The highest BCUT2D eigenvalue weighted by atomic mass is 35.5. The Kier molecular flexibility index (Phi) is 4.96. The van der Waals surface area contributed by atoms with Crippen LogP contribution in [0.2, 0.25) is 5.28 Å². The molecule has 2 aromatic heterocycles. The summed E-state index contributed by atoms with van der Waals surface area (Å²) in [7, 11) is 4.18. The van der Waals surface area contributed by atoms with E-state index in [2.05, 4.69) is 46.9 Å². The smallest absolute Gasteiger partial charge is 0.225 e. The summed E-state index contributed by atoms with van der Waals surface area (Å²) in [6.45, 7) is 5.12. The maximum absolute atomic E-state index is 6.02. The quantitative estimate of drug-likeness (QED) is 0.767. The van der Waals surface area contributed by atoms with Crippen LogP contribution in [0.3, 0.4) is 0 Å². The van der Waals surface area contributed by atoms with Crippen molar-refractivity contribution in [3.05, 3.63) is 16.7 Å². The molecule has 0 radical (unpaired) electrons. The second kappa shape index (κ2) is 6.50. The average molecular weight is 299 g/mol. The minimum Gasteiger partial charge on any atom is -0.356 e. The van der Waals surface area contributed by atoms with Gasteiger partial charge in [0, 0.05) is 13.1 Å². The molecule has 2 heterocycles. The minimum atomic E-state index is 0.330. The van der Waals surface area contributed by atoms with Gasteiger partial charge in [-0.3, -0.25) is 0 Å². The van der Waals surface area contributed by atoms with Gasteiger partial charge in [-0.15, -0.1) is 11.3 Å². The van der Waals surface area contributed by atoms with Crippen LogP contribution in [0, 0.1) is 0 Å². The molecule has 0 aliphatic heterocycles. The van der Waals surface area contributed by atoms with Gasteiger partial charge < -0.3 is 9.80 Å². The first kappa shape index (κ1) is 14.5. The second-order valence-electron chi connectivity index (χ2n) is 4.69. The van der Waals surface area contributed by atoms with E-state index in [0.29, 0.717) is 5.28 Å². The Hall–Kier alpha value is -0.910. The van der Waals surface area contributed by atoms with Crippen LogP contribution in [-0.4, -0.2) is 48.6 Å². The van der Waals surface area contributed by atoms with Crippen molar-refractivity contribution in [3.63, 3.8) is 0 Å². The Morgan fingerprint density at radius 3 is 2.74 bits per heavy atom. The largest absolute Gasteiger partial charge is 0.356 e. The zero-order valence-corrected chi connectivity index (χ0v) is 13.1. The molecule has 19 heavy (non-hydrogen) atoms. The molecule has 0 aromatic carbocycles. The summed E-state index contributed by atoms with van der Waals surface area (Å²) in [6, 6.07) is 2.07. The summed E-state index contributed by atoms with van der Waals surface area (Å²) in [4.78, 5) is 14.1. The molecular weight excluding hydrogens is 280 g/mol. The van der Waals surface area contributed by atoms with Crippen molar-refractivity contribution in [2.45, 2.75) is 13.3 Å². The number of rotatable bonds is 6. The predicted molar refractivity (Wildman–Crippen MR) is 83.5 cm³/mol. The number of fused-ring (bicyclic) bond motifs is 1. The average Bonchev–Trinajstić information content (AvgIpc) is 2.81. The van der Waals surface area contributed by atoms with Crippen molar-refractivity contribution >= 4 is 39.0 Å². The number of thiophene rings is 1. The van der Waals surface area contributed by atoms with Gasteiger partial charge in [-0.1, -0.05) is 0 Å². The lowest BCUT2D eigenvalue weighted by atomic mass is 10.3. The maximum atomic E-state index is 6.02. The van der Waals surface area contributed by atoms with E-state index in [1.165, 1.54) is 0 Å². The van der Waals surface area contributed by atoms with Crippen molar-refractivity contribution < 1.29 is 0 Å². The molecule has 0 unspecified atom stereocenters. The molecular formula is C13H19ClN4S. The van der Waals surface area contributed by atoms with Gasteiger partial charge in [0.25, 0.3) is 0 Å². The Balaban J connectivity index is 2.22. The number of hydrogen-bond acceptors (Lipinski definition) is 5. The fourth-order valence-electron chi connectivity index (χ4n) is 2.05. The zero-order valence-electron chi connectivity index (χ0n) is 11.6. The van der Waals surface area contributed by atoms with Gasteiger partial charge in [-0.05, 0) is 57.0 Å². The molecule has 2 rings (SSSR count). The van der Waals surface area contributed by atoms with E-state index < -0.39 is 0 Å². The normalized spacial score (nSPS) is 11.4. The van der Waals surface area contributed by atoms with Gasteiger partial charge in [0.05, 0.1) is 5.39 Å². The molecule has 4 nitrogen and oxygen atoms in total. The summed E-state index contributed by atoms with van der Waals surface area (Å²) >= 11 is 7.62. The summed E-state index contributed by atoms with van der Waals surface area (Å²) in [6.07, 6.45) is 1.11. The Morgan fingerprint density at radius 2 is 2.05 bits per heavy atom. The van der Waals surface area contributed by atoms with Crippen LogP contribution in [0.15, 0.2) is 11.4 Å². The summed E-state index contributed by atoms with van der Waals surface area (Å²) < 4.78 is 0. The van der Waals surface area contributed by atoms with Crippen LogP contribution in [0.5, 0.6) is 0 Å². The van der Waals surface area contributed by atoms with Crippen LogP contribution in [0.25, 0.3) is 10.2 Å². The van der Waals surface area contributed by atoms with Gasteiger partial charge in [0.2, 0.25) is 5.28 Å². The molecule has 0 saturated carbocycles. The van der Waals surface area contributed by atoms with Crippen LogP contribution < -0.4 is 4.90 Å². The standard InChI is InChI=1S/C13H19ClN4S/c1-4-18(8-5-7-17(2)3)11-10-6-9-19-12(10)16-13(14)15-11/h6,9H,4-5,7-8H2,1-3H3. The first-order valence-electron chi connectivity index (χ1n) is 6.42. The predicted octanol–water partition coefficient (Wildman–Crippen LogP) is 3.12. The molecule has 0 spiro atoms. The van der Waals surface area contributed by atoms with Crippen molar-refractivity contribution in [1.29, 1.82) is 0 Å². The Labute approximate surface area is 123 Å². The molecule has 0 N–H and O–H groups in total. The Bertz CT molecular complexity index is 540. The molecule has 0 amide bonds. The molecule has 0 bridgehead atoms. The second-order valence-corrected chi connectivity index (χ2v) is 5.92. The third-order valence-electron chi connectivity index (χ3n) is 2.99. The van der Waals surface area contributed by atoms with E-state index in [4.69, 9.17) is 11.6 Å². The highest BCUT2D eigenvalue weighted by molar-refractivity contribution is 7.16. The summed E-state index contributed by atoms with van der Waals surface area (Å²) in [5.41, 5.74) is 0. The number of anilines is 1. The first-order valence-corrected chi connectivity index (χ1v) is 7.68. The molecule has 2 aromatic rings. The molecule has 0 aliphatic carbocycles. The zero-order chi connectivity index (χ0) is 13.8. The molecule has 6 heteroatoms. The van der Waals surface area contributed by atoms with Crippen molar-refractivity contribution in [3.8, 4) is 0 Å². The maximum Gasteiger partial charge on any atom is 0.225 e. The highest BCUT2D eigenvalue weighted by Crippen LogP contribution is 2.29. The van der Waals surface area contributed by atoms with Gasteiger partial charge in [0.15, 0.2) is 0 Å². The third kappa shape index (κ3) is 3.55. The topological polar surface area (TPSA) is 32.3 Å². The van der Waals surface area contributed by atoms with Crippen LogP contribution in [0.4, 0.5) is 5.82 Å². The van der Waals surface area contributed by atoms with E-state index in [1.54, 1.807) is 11.3 Å². The van der Waals surface area contributed by atoms with Crippen LogP contribution in [-0.2, 0) is 0 Å². The van der Waals surface area contributed by atoms with Gasteiger partial charge in [0.1, 0.15) is 10.6 Å². The van der Waals surface area contributed by atoms with E-state index in [-0.39, 0.29) is 0 Å². The van der Waals surface area contributed by atoms with Crippen molar-refractivity contribution in [2.24, 2.45) is 0 Å². The van der Waals surface area contributed by atoms with E-state index in [0.717, 1.165) is 42.1 Å².